The molecule has 0 spiro atoms. The van der Waals surface area contributed by atoms with E-state index in [0.717, 1.165) is 40.6 Å². The largest absolute Gasteiger partial charge is 0.493 e. The van der Waals surface area contributed by atoms with E-state index in [2.05, 4.69) is 11.1 Å². The molecule has 34 heavy (non-hydrogen) atoms. The second-order valence-corrected chi connectivity index (χ2v) is 8.68. The van der Waals surface area contributed by atoms with E-state index in [-0.39, 0.29) is 11.9 Å². The van der Waals surface area contributed by atoms with Crippen molar-refractivity contribution in [1.82, 2.24) is 14.8 Å². The van der Waals surface area contributed by atoms with Crippen LogP contribution in [0.3, 0.4) is 0 Å². The summed E-state index contributed by atoms with van der Waals surface area (Å²) < 4.78 is 16.7. The Morgan fingerprint density at radius 2 is 1.74 bits per heavy atom. The first kappa shape index (κ1) is 22.1. The number of unbranched alkanes of at least 4 members (excludes halogenated alkanes) is 1. The molecule has 1 N–H and O–H groups in total. The van der Waals surface area contributed by atoms with Gasteiger partial charge in [0.1, 0.15) is 12.1 Å². The van der Waals surface area contributed by atoms with Crippen molar-refractivity contribution in [2.45, 2.75) is 38.3 Å². The number of methoxy groups -OCH3 is 3. The minimum absolute atomic E-state index is 0.133. The zero-order chi connectivity index (χ0) is 24.0. The summed E-state index contributed by atoms with van der Waals surface area (Å²) in [5.41, 5.74) is 3.73. The molecule has 3 heterocycles. The number of hydrogen-bond donors (Lipinski definition) is 1. The summed E-state index contributed by atoms with van der Waals surface area (Å²) in [5.74, 6) is 1.34. The van der Waals surface area contributed by atoms with Gasteiger partial charge in [-0.25, -0.2) is 4.79 Å². The number of aromatic nitrogens is 1. The number of ether oxygens (including phenoxy) is 3. The number of amides is 3. The van der Waals surface area contributed by atoms with Gasteiger partial charge in [0, 0.05) is 29.6 Å². The van der Waals surface area contributed by atoms with Crippen LogP contribution in [0.2, 0.25) is 0 Å². The second-order valence-electron chi connectivity index (χ2n) is 8.68. The molecule has 1 saturated heterocycles. The number of para-hydroxylation sites is 1. The lowest BCUT2D eigenvalue weighted by Crippen LogP contribution is -2.44. The molecule has 8 nitrogen and oxygen atoms in total. The third-order valence-electron chi connectivity index (χ3n) is 6.87. The van der Waals surface area contributed by atoms with E-state index < -0.39 is 12.1 Å². The normalized spacial score (nSPS) is 19.4. The van der Waals surface area contributed by atoms with Gasteiger partial charge in [-0.05, 0) is 35.7 Å². The molecule has 0 radical (unpaired) electrons. The first-order valence-electron chi connectivity index (χ1n) is 11.6. The van der Waals surface area contributed by atoms with E-state index in [1.54, 1.807) is 26.2 Å². The van der Waals surface area contributed by atoms with Crippen LogP contribution in [0.25, 0.3) is 10.9 Å². The van der Waals surface area contributed by atoms with Crippen molar-refractivity contribution in [3.63, 3.8) is 0 Å². The third kappa shape index (κ3) is 3.20. The van der Waals surface area contributed by atoms with Gasteiger partial charge in [0.15, 0.2) is 11.5 Å². The maximum Gasteiger partial charge on any atom is 0.328 e. The van der Waals surface area contributed by atoms with Crippen molar-refractivity contribution in [2.24, 2.45) is 0 Å². The summed E-state index contributed by atoms with van der Waals surface area (Å²) in [7, 11) is 4.69. The summed E-state index contributed by atoms with van der Waals surface area (Å²) in [4.78, 5) is 33.7. The number of imide groups is 1. The first-order valence-corrected chi connectivity index (χ1v) is 11.6. The number of urea groups is 1. The van der Waals surface area contributed by atoms with E-state index in [0.29, 0.717) is 30.2 Å². The van der Waals surface area contributed by atoms with Crippen LogP contribution >= 0.6 is 0 Å². The van der Waals surface area contributed by atoms with E-state index in [1.807, 2.05) is 37.3 Å². The molecule has 178 valence electrons. The van der Waals surface area contributed by atoms with Crippen LogP contribution < -0.4 is 14.2 Å². The van der Waals surface area contributed by atoms with Crippen molar-refractivity contribution in [3.8, 4) is 17.2 Å². The van der Waals surface area contributed by atoms with Crippen molar-refractivity contribution in [1.29, 1.82) is 0 Å². The molecule has 8 heteroatoms. The number of hydrogen-bond acceptors (Lipinski definition) is 5. The summed E-state index contributed by atoms with van der Waals surface area (Å²) in [6.07, 6.45) is 2.16. The molecule has 2 atom stereocenters. The Morgan fingerprint density at radius 3 is 2.38 bits per heavy atom. The SMILES string of the molecule is CCCCN1C(=O)C2Cc3c([nH]c4ccccc34)C(c3cc(OC)c(OC)c(OC)c3)N2C1=O. The molecule has 3 amide bonds. The quantitative estimate of drug-likeness (QED) is 0.529. The van der Waals surface area contributed by atoms with Gasteiger partial charge >= 0.3 is 6.03 Å². The smallest absolute Gasteiger partial charge is 0.328 e. The molecular formula is C26H29N3O5. The molecule has 2 aromatic carbocycles. The van der Waals surface area contributed by atoms with E-state index in [1.165, 1.54) is 4.90 Å². The molecule has 2 aliphatic heterocycles. The number of carbonyl (C=O) groups excluding carboxylic acids is 2. The van der Waals surface area contributed by atoms with Gasteiger partial charge in [0.05, 0.1) is 21.3 Å². The van der Waals surface area contributed by atoms with Gasteiger partial charge in [0.2, 0.25) is 5.75 Å². The predicted octanol–water partition coefficient (Wildman–Crippen LogP) is 4.27. The molecule has 5 rings (SSSR count). The summed E-state index contributed by atoms with van der Waals surface area (Å²) in [6, 6.07) is 10.4. The Morgan fingerprint density at radius 1 is 1.03 bits per heavy atom. The van der Waals surface area contributed by atoms with Crippen LogP contribution in [-0.4, -0.2) is 60.6 Å². The number of H-pyrrole nitrogens is 1. The van der Waals surface area contributed by atoms with Crippen LogP contribution in [0.1, 0.15) is 42.6 Å². The number of fused-ring (bicyclic) bond motifs is 4. The molecular weight excluding hydrogens is 434 g/mol. The zero-order valence-corrected chi connectivity index (χ0v) is 19.9. The van der Waals surface area contributed by atoms with Crippen LogP contribution in [0.4, 0.5) is 4.79 Å². The molecule has 3 aromatic rings. The number of aromatic amines is 1. The van der Waals surface area contributed by atoms with E-state index >= 15 is 0 Å². The Kier molecular flexibility index (Phi) is 5.59. The minimum Gasteiger partial charge on any atom is -0.493 e. The summed E-state index contributed by atoms with van der Waals surface area (Å²) >= 11 is 0. The highest BCUT2D eigenvalue weighted by Crippen LogP contribution is 2.47. The maximum absolute atomic E-state index is 13.6. The topological polar surface area (TPSA) is 84.1 Å². The van der Waals surface area contributed by atoms with E-state index in [4.69, 9.17) is 14.2 Å². The van der Waals surface area contributed by atoms with Gasteiger partial charge in [-0.3, -0.25) is 14.6 Å². The van der Waals surface area contributed by atoms with Crippen LogP contribution in [-0.2, 0) is 11.2 Å². The summed E-state index contributed by atoms with van der Waals surface area (Å²) in [5, 5.41) is 1.07. The van der Waals surface area contributed by atoms with Crippen molar-refractivity contribution < 1.29 is 23.8 Å². The highest BCUT2D eigenvalue weighted by molar-refractivity contribution is 6.05. The fourth-order valence-electron chi connectivity index (χ4n) is 5.26. The lowest BCUT2D eigenvalue weighted by Gasteiger charge is -2.36. The molecule has 2 aliphatic rings. The third-order valence-corrected chi connectivity index (χ3v) is 6.87. The van der Waals surface area contributed by atoms with E-state index in [9.17, 15) is 9.59 Å². The number of nitrogens with zero attached hydrogens (tertiary/aromatic N) is 2. The number of carbonyl (C=O) groups is 2. The van der Waals surface area contributed by atoms with Crippen LogP contribution in [0.15, 0.2) is 36.4 Å². The number of nitrogens with one attached hydrogen (secondary N) is 1. The fraction of sp³-hybridized carbons (Fsp3) is 0.385. The van der Waals surface area contributed by atoms with Crippen molar-refractivity contribution in [2.75, 3.05) is 27.9 Å². The molecule has 0 aliphatic carbocycles. The number of benzene rings is 2. The molecule has 1 fully saturated rings. The molecule has 0 saturated carbocycles. The Balaban J connectivity index is 1.72. The van der Waals surface area contributed by atoms with Gasteiger partial charge in [-0.15, -0.1) is 0 Å². The summed E-state index contributed by atoms with van der Waals surface area (Å²) in [6.45, 7) is 2.48. The number of rotatable bonds is 7. The minimum atomic E-state index is -0.555. The fourth-order valence-corrected chi connectivity index (χ4v) is 5.26. The standard InChI is InChI=1S/C26H29N3O5/c1-5-6-11-28-25(30)19-14-17-16-9-7-8-10-18(16)27-22(17)23(29(19)26(28)31)15-12-20(32-2)24(34-4)21(13-15)33-3/h7-10,12-13,19,23,27H,5-6,11,14H2,1-4H3. The van der Waals surface area contributed by atoms with Crippen molar-refractivity contribution >= 4 is 22.8 Å². The average Bonchev–Trinajstić information content (AvgIpc) is 3.35. The first-order chi connectivity index (χ1) is 16.5. The Hall–Kier alpha value is -3.68. The van der Waals surface area contributed by atoms with Gasteiger partial charge in [0.25, 0.3) is 5.91 Å². The molecule has 0 bridgehead atoms. The monoisotopic (exact) mass is 463 g/mol. The molecule has 2 unspecified atom stereocenters. The lowest BCUT2D eigenvalue weighted by atomic mass is 9.88. The molecule has 1 aromatic heterocycles. The van der Waals surface area contributed by atoms with Crippen LogP contribution in [0, 0.1) is 0 Å². The highest BCUT2D eigenvalue weighted by atomic mass is 16.5. The predicted molar refractivity (Wildman–Crippen MR) is 128 cm³/mol. The highest BCUT2D eigenvalue weighted by Gasteiger charge is 2.52. The van der Waals surface area contributed by atoms with Crippen LogP contribution in [0.5, 0.6) is 17.2 Å². The maximum atomic E-state index is 13.6. The van der Waals surface area contributed by atoms with Gasteiger partial charge in [-0.2, -0.15) is 0 Å². The Bertz CT molecular complexity index is 1240. The van der Waals surface area contributed by atoms with Gasteiger partial charge in [-0.1, -0.05) is 31.5 Å². The second kappa shape index (κ2) is 8.59. The Labute approximate surface area is 198 Å². The lowest BCUT2D eigenvalue weighted by molar-refractivity contribution is -0.128. The van der Waals surface area contributed by atoms with Crippen molar-refractivity contribution in [3.05, 3.63) is 53.2 Å². The average molecular weight is 464 g/mol. The zero-order valence-electron chi connectivity index (χ0n) is 19.9. The van der Waals surface area contributed by atoms with Gasteiger partial charge < -0.3 is 19.2 Å².